The first-order valence-corrected chi connectivity index (χ1v) is 7.69. The van der Waals surface area contributed by atoms with Crippen LogP contribution in [0.2, 0.25) is 0 Å². The Morgan fingerprint density at radius 3 is 2.59 bits per heavy atom. The molecule has 1 N–H and O–H groups in total. The van der Waals surface area contributed by atoms with E-state index in [0.717, 1.165) is 22.6 Å². The molecule has 0 aliphatic heterocycles. The number of pyridine rings is 1. The van der Waals surface area contributed by atoms with Crippen molar-refractivity contribution in [1.82, 2.24) is 9.88 Å². The van der Waals surface area contributed by atoms with Crippen molar-refractivity contribution in [3.05, 3.63) is 52.3 Å². The van der Waals surface area contributed by atoms with Gasteiger partial charge in [0.05, 0.1) is 12.3 Å². The molecule has 1 heterocycles. The van der Waals surface area contributed by atoms with Crippen LogP contribution in [0.3, 0.4) is 0 Å². The largest absolute Gasteiger partial charge is 0.493 e. The number of aromatic nitrogens is 1. The minimum atomic E-state index is 0.0250. The van der Waals surface area contributed by atoms with Gasteiger partial charge >= 0.3 is 0 Å². The summed E-state index contributed by atoms with van der Waals surface area (Å²) in [5, 5.41) is 3.28. The summed E-state index contributed by atoms with van der Waals surface area (Å²) < 4.78 is 7.36. The number of rotatable bonds is 6. The summed E-state index contributed by atoms with van der Waals surface area (Å²) in [5.74, 6) is 0.799. The first-order valence-electron chi connectivity index (χ1n) is 7.69. The molecular formula is C18H24N2O2. The molecule has 0 aliphatic carbocycles. The van der Waals surface area contributed by atoms with Crippen LogP contribution in [-0.4, -0.2) is 17.2 Å². The molecule has 1 aromatic carbocycles. The number of hydrogen-bond donors (Lipinski definition) is 1. The third-order valence-corrected chi connectivity index (χ3v) is 3.55. The van der Waals surface area contributed by atoms with Gasteiger partial charge in [0.1, 0.15) is 5.75 Å². The number of benzene rings is 1. The highest BCUT2D eigenvalue weighted by Gasteiger charge is 2.11. The fraction of sp³-hybridized carbons (Fsp3) is 0.389. The molecule has 0 bridgehead atoms. The standard InChI is InChI=1S/C18H24N2O2/c1-5-22-17-9-7-6-8-15(17)16-11-10-14(12-19-13(2)3)18(21)20(16)4/h6-11,13,19H,5,12H2,1-4H3. The number of para-hydroxylation sites is 1. The lowest BCUT2D eigenvalue weighted by Crippen LogP contribution is -2.29. The number of hydrogen-bond acceptors (Lipinski definition) is 3. The van der Waals surface area contributed by atoms with Crippen molar-refractivity contribution in [2.75, 3.05) is 6.61 Å². The third kappa shape index (κ3) is 3.57. The van der Waals surface area contributed by atoms with Crippen molar-refractivity contribution in [3.63, 3.8) is 0 Å². The van der Waals surface area contributed by atoms with E-state index in [1.165, 1.54) is 0 Å². The zero-order valence-corrected chi connectivity index (χ0v) is 13.7. The SMILES string of the molecule is CCOc1ccccc1-c1ccc(CNC(C)C)c(=O)n1C. The maximum absolute atomic E-state index is 12.5. The van der Waals surface area contributed by atoms with Gasteiger partial charge in [0.15, 0.2) is 0 Å². The fourth-order valence-electron chi connectivity index (χ4n) is 2.37. The summed E-state index contributed by atoms with van der Waals surface area (Å²) in [4.78, 5) is 12.5. The van der Waals surface area contributed by atoms with Crippen molar-refractivity contribution >= 4 is 0 Å². The zero-order valence-electron chi connectivity index (χ0n) is 13.7. The van der Waals surface area contributed by atoms with Crippen LogP contribution in [0.25, 0.3) is 11.3 Å². The van der Waals surface area contributed by atoms with Crippen LogP contribution in [0.1, 0.15) is 26.3 Å². The number of ether oxygens (including phenoxy) is 1. The third-order valence-electron chi connectivity index (χ3n) is 3.55. The Labute approximate surface area is 131 Å². The van der Waals surface area contributed by atoms with E-state index in [0.29, 0.717) is 19.2 Å². The smallest absolute Gasteiger partial charge is 0.255 e. The summed E-state index contributed by atoms with van der Waals surface area (Å²) in [7, 11) is 1.80. The molecule has 4 heteroatoms. The maximum atomic E-state index is 12.5. The van der Waals surface area contributed by atoms with Gasteiger partial charge in [0.25, 0.3) is 5.56 Å². The van der Waals surface area contributed by atoms with Crippen LogP contribution < -0.4 is 15.6 Å². The van der Waals surface area contributed by atoms with Crippen LogP contribution in [0, 0.1) is 0 Å². The Kier molecular flexibility index (Phi) is 5.39. The summed E-state index contributed by atoms with van der Waals surface area (Å²) in [6.07, 6.45) is 0. The van der Waals surface area contributed by atoms with Gasteiger partial charge in [-0.3, -0.25) is 4.79 Å². The molecule has 0 fully saturated rings. The van der Waals surface area contributed by atoms with E-state index in [9.17, 15) is 4.79 Å². The molecule has 0 aliphatic rings. The van der Waals surface area contributed by atoms with Gasteiger partial charge in [-0.25, -0.2) is 0 Å². The lowest BCUT2D eigenvalue weighted by atomic mass is 10.1. The molecule has 0 radical (unpaired) electrons. The van der Waals surface area contributed by atoms with Gasteiger partial charge in [-0.1, -0.05) is 32.0 Å². The number of nitrogens with one attached hydrogen (secondary N) is 1. The quantitative estimate of drug-likeness (QED) is 0.892. The van der Waals surface area contributed by atoms with Crippen LogP contribution in [-0.2, 0) is 13.6 Å². The van der Waals surface area contributed by atoms with Gasteiger partial charge in [0, 0.05) is 30.8 Å². The van der Waals surface area contributed by atoms with E-state index in [1.807, 2.05) is 43.3 Å². The van der Waals surface area contributed by atoms with Crippen molar-refractivity contribution in [3.8, 4) is 17.0 Å². The summed E-state index contributed by atoms with van der Waals surface area (Å²) in [6, 6.07) is 12.0. The highest BCUT2D eigenvalue weighted by molar-refractivity contribution is 5.67. The molecule has 0 amide bonds. The predicted molar refractivity (Wildman–Crippen MR) is 90.3 cm³/mol. The monoisotopic (exact) mass is 300 g/mol. The van der Waals surface area contributed by atoms with Crippen LogP contribution >= 0.6 is 0 Å². The van der Waals surface area contributed by atoms with Gasteiger partial charge < -0.3 is 14.6 Å². The maximum Gasteiger partial charge on any atom is 0.255 e. The minimum Gasteiger partial charge on any atom is -0.493 e. The topological polar surface area (TPSA) is 43.3 Å². The molecule has 118 valence electrons. The molecule has 0 saturated heterocycles. The summed E-state index contributed by atoms with van der Waals surface area (Å²) in [5.41, 5.74) is 2.60. The van der Waals surface area contributed by atoms with Crippen molar-refractivity contribution in [2.45, 2.75) is 33.4 Å². The Morgan fingerprint density at radius 2 is 1.91 bits per heavy atom. The second-order valence-electron chi connectivity index (χ2n) is 5.57. The zero-order chi connectivity index (χ0) is 16.1. The first-order chi connectivity index (χ1) is 10.5. The van der Waals surface area contributed by atoms with E-state index < -0.39 is 0 Å². The highest BCUT2D eigenvalue weighted by Crippen LogP contribution is 2.28. The van der Waals surface area contributed by atoms with E-state index in [2.05, 4.69) is 19.2 Å². The molecule has 2 rings (SSSR count). The molecule has 2 aromatic rings. The van der Waals surface area contributed by atoms with Crippen LogP contribution in [0.4, 0.5) is 0 Å². The van der Waals surface area contributed by atoms with Gasteiger partial charge in [0.2, 0.25) is 0 Å². The molecule has 0 unspecified atom stereocenters. The number of nitrogens with zero attached hydrogens (tertiary/aromatic N) is 1. The van der Waals surface area contributed by atoms with Crippen LogP contribution in [0.5, 0.6) is 5.75 Å². The second kappa shape index (κ2) is 7.27. The van der Waals surface area contributed by atoms with E-state index in [-0.39, 0.29) is 5.56 Å². The van der Waals surface area contributed by atoms with Crippen molar-refractivity contribution in [2.24, 2.45) is 7.05 Å². The molecule has 0 atom stereocenters. The fourth-order valence-corrected chi connectivity index (χ4v) is 2.37. The normalized spacial score (nSPS) is 11.0. The first kappa shape index (κ1) is 16.3. The average molecular weight is 300 g/mol. The Bertz CT molecular complexity index is 690. The van der Waals surface area contributed by atoms with Crippen molar-refractivity contribution in [1.29, 1.82) is 0 Å². The predicted octanol–water partition coefficient (Wildman–Crippen LogP) is 2.95. The average Bonchev–Trinajstić information content (AvgIpc) is 2.50. The summed E-state index contributed by atoms with van der Waals surface area (Å²) >= 11 is 0. The van der Waals surface area contributed by atoms with Gasteiger partial charge in [-0.05, 0) is 25.1 Å². The van der Waals surface area contributed by atoms with Gasteiger partial charge in [-0.15, -0.1) is 0 Å². The van der Waals surface area contributed by atoms with Gasteiger partial charge in [-0.2, -0.15) is 0 Å². The Morgan fingerprint density at radius 1 is 1.18 bits per heavy atom. The lowest BCUT2D eigenvalue weighted by Gasteiger charge is -2.15. The van der Waals surface area contributed by atoms with E-state index in [1.54, 1.807) is 11.6 Å². The molecule has 22 heavy (non-hydrogen) atoms. The summed E-state index contributed by atoms with van der Waals surface area (Å²) in [6.45, 7) is 7.27. The molecule has 4 nitrogen and oxygen atoms in total. The Hall–Kier alpha value is -2.07. The Balaban J connectivity index is 2.42. The molecule has 0 saturated carbocycles. The minimum absolute atomic E-state index is 0.0250. The molecule has 1 aromatic heterocycles. The molecule has 0 spiro atoms. The second-order valence-corrected chi connectivity index (χ2v) is 5.57. The lowest BCUT2D eigenvalue weighted by molar-refractivity contribution is 0.341. The highest BCUT2D eigenvalue weighted by atomic mass is 16.5. The molecular weight excluding hydrogens is 276 g/mol. The van der Waals surface area contributed by atoms with Crippen molar-refractivity contribution < 1.29 is 4.74 Å². The van der Waals surface area contributed by atoms with E-state index >= 15 is 0 Å². The van der Waals surface area contributed by atoms with E-state index in [4.69, 9.17) is 4.74 Å². The van der Waals surface area contributed by atoms with Crippen LogP contribution in [0.15, 0.2) is 41.2 Å².